The number of aromatic nitrogens is 3. The topological polar surface area (TPSA) is 42.7 Å². The smallest absolute Gasteiger partial charge is 0.168 e. The third-order valence-corrected chi connectivity index (χ3v) is 5.50. The number of hydrogen-bond acceptors (Lipinski definition) is 4. The SMILES string of the molecule is COc1ccccc1CCc1ccc(-c2ccc(CCN(C)C)cc2)c2nncn12. The van der Waals surface area contributed by atoms with Crippen LogP contribution in [0.3, 0.4) is 0 Å². The molecule has 2 aromatic carbocycles. The monoisotopic (exact) mass is 400 g/mol. The Labute approximate surface area is 177 Å². The first-order valence-corrected chi connectivity index (χ1v) is 10.3. The highest BCUT2D eigenvalue weighted by atomic mass is 16.5. The molecule has 0 radical (unpaired) electrons. The van der Waals surface area contributed by atoms with E-state index in [0.717, 1.165) is 48.3 Å². The van der Waals surface area contributed by atoms with Gasteiger partial charge in [0, 0.05) is 17.8 Å². The molecule has 0 unspecified atom stereocenters. The van der Waals surface area contributed by atoms with E-state index in [4.69, 9.17) is 4.74 Å². The summed E-state index contributed by atoms with van der Waals surface area (Å²) in [5.41, 5.74) is 6.91. The number of rotatable bonds is 8. The first kappa shape index (κ1) is 20.1. The molecule has 5 heteroatoms. The predicted molar refractivity (Wildman–Crippen MR) is 121 cm³/mol. The molecule has 0 aliphatic rings. The van der Waals surface area contributed by atoms with E-state index in [0.29, 0.717) is 0 Å². The molecule has 4 rings (SSSR count). The first-order chi connectivity index (χ1) is 14.7. The van der Waals surface area contributed by atoms with Gasteiger partial charge in [-0.1, -0.05) is 42.5 Å². The molecule has 0 atom stereocenters. The number of nitrogens with zero attached hydrogens (tertiary/aromatic N) is 4. The number of pyridine rings is 1. The minimum Gasteiger partial charge on any atom is -0.496 e. The van der Waals surface area contributed by atoms with Crippen LogP contribution in [0.15, 0.2) is 67.0 Å². The summed E-state index contributed by atoms with van der Waals surface area (Å²) in [4.78, 5) is 2.21. The summed E-state index contributed by atoms with van der Waals surface area (Å²) in [6, 6.07) is 21.3. The van der Waals surface area contributed by atoms with Gasteiger partial charge in [-0.3, -0.25) is 4.40 Å². The Balaban J connectivity index is 1.57. The number of hydrogen-bond donors (Lipinski definition) is 0. The van der Waals surface area contributed by atoms with Crippen LogP contribution in [0.1, 0.15) is 16.8 Å². The van der Waals surface area contributed by atoms with E-state index < -0.39 is 0 Å². The normalized spacial score (nSPS) is 11.3. The fourth-order valence-corrected chi connectivity index (χ4v) is 3.77. The van der Waals surface area contributed by atoms with Crippen molar-refractivity contribution < 1.29 is 4.74 Å². The fourth-order valence-electron chi connectivity index (χ4n) is 3.77. The highest BCUT2D eigenvalue weighted by Crippen LogP contribution is 2.26. The highest BCUT2D eigenvalue weighted by Gasteiger charge is 2.11. The maximum absolute atomic E-state index is 5.49. The zero-order valence-electron chi connectivity index (χ0n) is 17.9. The van der Waals surface area contributed by atoms with Gasteiger partial charge in [0.05, 0.1) is 7.11 Å². The lowest BCUT2D eigenvalue weighted by Crippen LogP contribution is -2.14. The van der Waals surface area contributed by atoms with Gasteiger partial charge in [-0.15, -0.1) is 10.2 Å². The second-order valence-corrected chi connectivity index (χ2v) is 7.82. The molecule has 154 valence electrons. The minimum absolute atomic E-state index is 0.888. The Morgan fingerprint density at radius 3 is 2.47 bits per heavy atom. The number of fused-ring (bicyclic) bond motifs is 1. The van der Waals surface area contributed by atoms with E-state index in [1.165, 1.54) is 16.8 Å². The molecular formula is C25H28N4O. The van der Waals surface area contributed by atoms with E-state index >= 15 is 0 Å². The number of ether oxygens (including phenoxy) is 1. The third kappa shape index (κ3) is 4.36. The van der Waals surface area contributed by atoms with Crippen molar-refractivity contribution in [1.82, 2.24) is 19.5 Å². The molecule has 4 aromatic rings. The van der Waals surface area contributed by atoms with Crippen molar-refractivity contribution in [2.24, 2.45) is 0 Å². The van der Waals surface area contributed by atoms with Gasteiger partial charge >= 0.3 is 0 Å². The second-order valence-electron chi connectivity index (χ2n) is 7.82. The number of para-hydroxylation sites is 1. The molecule has 0 saturated carbocycles. The van der Waals surface area contributed by atoms with Crippen LogP contribution in [-0.4, -0.2) is 47.2 Å². The highest BCUT2D eigenvalue weighted by molar-refractivity contribution is 5.77. The molecule has 2 aromatic heterocycles. The van der Waals surface area contributed by atoms with E-state index in [2.05, 4.69) is 82.1 Å². The van der Waals surface area contributed by atoms with Crippen molar-refractivity contribution in [3.63, 3.8) is 0 Å². The molecule has 2 heterocycles. The molecular weight excluding hydrogens is 372 g/mol. The van der Waals surface area contributed by atoms with E-state index in [-0.39, 0.29) is 0 Å². The summed E-state index contributed by atoms with van der Waals surface area (Å²) in [5, 5.41) is 8.59. The van der Waals surface area contributed by atoms with E-state index in [1.54, 1.807) is 7.11 Å². The molecule has 0 aliphatic carbocycles. The van der Waals surface area contributed by atoms with Gasteiger partial charge in [-0.25, -0.2) is 0 Å². The average Bonchev–Trinajstić information content (AvgIpc) is 3.27. The molecule has 0 spiro atoms. The summed E-state index contributed by atoms with van der Waals surface area (Å²) >= 11 is 0. The Kier molecular flexibility index (Phi) is 6.10. The molecule has 0 saturated heterocycles. The fraction of sp³-hybridized carbons (Fsp3) is 0.280. The van der Waals surface area contributed by atoms with Crippen LogP contribution in [-0.2, 0) is 19.3 Å². The Morgan fingerprint density at radius 2 is 1.70 bits per heavy atom. The van der Waals surface area contributed by atoms with E-state index in [1.807, 2.05) is 18.5 Å². The van der Waals surface area contributed by atoms with E-state index in [9.17, 15) is 0 Å². The van der Waals surface area contributed by atoms with Gasteiger partial charge in [-0.2, -0.15) is 0 Å². The van der Waals surface area contributed by atoms with Gasteiger partial charge in [0.25, 0.3) is 0 Å². The van der Waals surface area contributed by atoms with Crippen molar-refractivity contribution in [1.29, 1.82) is 0 Å². The Bertz CT molecular complexity index is 1120. The summed E-state index contributed by atoms with van der Waals surface area (Å²) in [6.45, 7) is 1.05. The summed E-state index contributed by atoms with van der Waals surface area (Å²) in [7, 11) is 5.93. The Morgan fingerprint density at radius 1 is 0.900 bits per heavy atom. The van der Waals surface area contributed by atoms with Gasteiger partial charge in [-0.05, 0) is 68.2 Å². The summed E-state index contributed by atoms with van der Waals surface area (Å²) in [5.74, 6) is 0.934. The quantitative estimate of drug-likeness (QED) is 0.442. The Hall–Kier alpha value is -3.18. The van der Waals surface area contributed by atoms with Gasteiger partial charge in [0.1, 0.15) is 12.1 Å². The van der Waals surface area contributed by atoms with Gasteiger partial charge in [0.15, 0.2) is 5.65 Å². The van der Waals surface area contributed by atoms with Crippen LogP contribution in [0, 0.1) is 0 Å². The molecule has 0 aliphatic heterocycles. The molecule has 0 bridgehead atoms. The van der Waals surface area contributed by atoms with Crippen molar-refractivity contribution in [2.45, 2.75) is 19.3 Å². The van der Waals surface area contributed by atoms with Crippen LogP contribution < -0.4 is 4.74 Å². The predicted octanol–water partition coefficient (Wildman–Crippen LogP) is 4.29. The molecule has 0 amide bonds. The van der Waals surface area contributed by atoms with Crippen molar-refractivity contribution >= 4 is 5.65 Å². The number of aryl methyl sites for hydroxylation is 2. The number of methoxy groups -OCH3 is 1. The van der Waals surface area contributed by atoms with Crippen molar-refractivity contribution in [3.05, 3.63) is 83.8 Å². The van der Waals surface area contributed by atoms with Crippen LogP contribution in [0.4, 0.5) is 0 Å². The summed E-state index contributed by atoms with van der Waals surface area (Å²) in [6.07, 6.45) is 4.65. The minimum atomic E-state index is 0.888. The zero-order chi connectivity index (χ0) is 20.9. The lowest BCUT2D eigenvalue weighted by atomic mass is 10.0. The van der Waals surface area contributed by atoms with Crippen molar-refractivity contribution in [2.75, 3.05) is 27.7 Å². The molecule has 5 nitrogen and oxygen atoms in total. The maximum Gasteiger partial charge on any atom is 0.168 e. The second kappa shape index (κ2) is 9.09. The van der Waals surface area contributed by atoms with Crippen LogP contribution in [0.5, 0.6) is 5.75 Å². The maximum atomic E-state index is 5.49. The van der Waals surface area contributed by atoms with Crippen molar-refractivity contribution in [3.8, 4) is 16.9 Å². The first-order valence-electron chi connectivity index (χ1n) is 10.3. The van der Waals surface area contributed by atoms with Crippen LogP contribution in [0.2, 0.25) is 0 Å². The average molecular weight is 401 g/mol. The lowest BCUT2D eigenvalue weighted by molar-refractivity contribution is 0.409. The number of benzene rings is 2. The van der Waals surface area contributed by atoms with Gasteiger partial charge < -0.3 is 9.64 Å². The van der Waals surface area contributed by atoms with Crippen LogP contribution in [0.25, 0.3) is 16.8 Å². The molecule has 0 fully saturated rings. The number of likely N-dealkylation sites (N-methyl/N-ethyl adjacent to an activating group) is 1. The lowest BCUT2D eigenvalue weighted by Gasteiger charge is -2.12. The summed E-state index contributed by atoms with van der Waals surface area (Å²) < 4.78 is 7.59. The largest absolute Gasteiger partial charge is 0.496 e. The standard InChI is InChI=1S/C25H28N4O/c1-28(2)17-16-19-8-10-20(11-9-19)23-15-14-22(29-18-26-27-25(23)29)13-12-21-6-4-5-7-24(21)30-3/h4-11,14-15,18H,12-13,16-17H2,1-3H3. The molecule has 0 N–H and O–H groups in total. The third-order valence-electron chi connectivity index (χ3n) is 5.50. The van der Waals surface area contributed by atoms with Crippen LogP contribution >= 0.6 is 0 Å². The van der Waals surface area contributed by atoms with Gasteiger partial charge in [0.2, 0.25) is 0 Å². The molecule has 30 heavy (non-hydrogen) atoms. The zero-order valence-corrected chi connectivity index (χ0v) is 17.9.